The minimum atomic E-state index is -0.494. The standard InChI is InChI=1S/C10H17NO3/c1-5-11-8(12)6-7-9(13)14-10(2,3)4/h5H,1,6-7H2,2-4H3,(H,11,12). The summed E-state index contributed by atoms with van der Waals surface area (Å²) in [6, 6.07) is 0. The van der Waals surface area contributed by atoms with Crippen molar-refractivity contribution in [3.05, 3.63) is 12.8 Å². The van der Waals surface area contributed by atoms with Crippen LogP contribution in [0.4, 0.5) is 0 Å². The highest BCUT2D eigenvalue weighted by molar-refractivity contribution is 5.81. The van der Waals surface area contributed by atoms with Crippen molar-refractivity contribution in [2.24, 2.45) is 0 Å². The molecule has 0 aromatic heterocycles. The molecule has 0 aromatic carbocycles. The van der Waals surface area contributed by atoms with Crippen molar-refractivity contribution in [3.8, 4) is 0 Å². The minimum Gasteiger partial charge on any atom is -0.460 e. The predicted molar refractivity (Wildman–Crippen MR) is 53.4 cm³/mol. The first-order valence-corrected chi connectivity index (χ1v) is 4.47. The molecule has 1 amide bonds. The number of hydrogen-bond acceptors (Lipinski definition) is 3. The van der Waals surface area contributed by atoms with Gasteiger partial charge in [-0.15, -0.1) is 0 Å². The Kier molecular flexibility index (Phi) is 4.91. The number of nitrogens with one attached hydrogen (secondary N) is 1. The maximum absolute atomic E-state index is 11.1. The largest absolute Gasteiger partial charge is 0.460 e. The van der Waals surface area contributed by atoms with Gasteiger partial charge in [-0.3, -0.25) is 9.59 Å². The van der Waals surface area contributed by atoms with Gasteiger partial charge in [0.05, 0.1) is 6.42 Å². The van der Waals surface area contributed by atoms with Gasteiger partial charge in [-0.25, -0.2) is 0 Å². The Hall–Kier alpha value is -1.32. The first-order chi connectivity index (χ1) is 6.35. The van der Waals surface area contributed by atoms with E-state index in [9.17, 15) is 9.59 Å². The van der Waals surface area contributed by atoms with Crippen LogP contribution in [0, 0.1) is 0 Å². The molecule has 4 heteroatoms. The molecule has 0 heterocycles. The average molecular weight is 199 g/mol. The number of carbonyl (C=O) groups is 2. The lowest BCUT2D eigenvalue weighted by Gasteiger charge is -2.19. The SMILES string of the molecule is C=CNC(=O)CCC(=O)OC(C)(C)C. The Bertz CT molecular complexity index is 228. The summed E-state index contributed by atoms with van der Waals surface area (Å²) in [5.41, 5.74) is -0.494. The van der Waals surface area contributed by atoms with E-state index in [2.05, 4.69) is 11.9 Å². The fourth-order valence-electron chi connectivity index (χ4n) is 0.794. The van der Waals surface area contributed by atoms with Gasteiger partial charge in [0.2, 0.25) is 5.91 Å². The fourth-order valence-corrected chi connectivity index (χ4v) is 0.794. The third-order valence-corrected chi connectivity index (χ3v) is 1.24. The lowest BCUT2D eigenvalue weighted by atomic mass is 10.2. The molecule has 14 heavy (non-hydrogen) atoms. The van der Waals surface area contributed by atoms with Crippen molar-refractivity contribution in [2.45, 2.75) is 39.2 Å². The third kappa shape index (κ3) is 7.34. The normalized spacial score (nSPS) is 10.5. The molecule has 0 aliphatic rings. The number of hydrogen-bond donors (Lipinski definition) is 1. The number of esters is 1. The van der Waals surface area contributed by atoms with Crippen molar-refractivity contribution in [1.29, 1.82) is 0 Å². The van der Waals surface area contributed by atoms with Gasteiger partial charge in [0.25, 0.3) is 0 Å². The van der Waals surface area contributed by atoms with Gasteiger partial charge in [0.1, 0.15) is 5.60 Å². The summed E-state index contributed by atoms with van der Waals surface area (Å²) in [6.45, 7) is 8.70. The van der Waals surface area contributed by atoms with Crippen LogP contribution in [-0.4, -0.2) is 17.5 Å². The van der Waals surface area contributed by atoms with Crippen molar-refractivity contribution in [2.75, 3.05) is 0 Å². The van der Waals surface area contributed by atoms with E-state index in [1.165, 1.54) is 6.20 Å². The topological polar surface area (TPSA) is 55.4 Å². The van der Waals surface area contributed by atoms with Gasteiger partial charge in [-0.2, -0.15) is 0 Å². The maximum Gasteiger partial charge on any atom is 0.306 e. The first kappa shape index (κ1) is 12.7. The molecule has 4 nitrogen and oxygen atoms in total. The van der Waals surface area contributed by atoms with Crippen LogP contribution in [0.5, 0.6) is 0 Å². The van der Waals surface area contributed by atoms with E-state index in [0.29, 0.717) is 0 Å². The second-order valence-electron chi connectivity index (χ2n) is 3.86. The summed E-state index contributed by atoms with van der Waals surface area (Å²) in [6.07, 6.45) is 1.51. The monoisotopic (exact) mass is 199 g/mol. The first-order valence-electron chi connectivity index (χ1n) is 4.47. The third-order valence-electron chi connectivity index (χ3n) is 1.24. The molecule has 0 radical (unpaired) electrons. The molecule has 0 fully saturated rings. The van der Waals surface area contributed by atoms with Crippen LogP contribution in [0.25, 0.3) is 0 Å². The summed E-state index contributed by atoms with van der Waals surface area (Å²) < 4.78 is 5.02. The van der Waals surface area contributed by atoms with Gasteiger partial charge < -0.3 is 10.1 Å². The zero-order chi connectivity index (χ0) is 11.2. The number of amides is 1. The second-order valence-corrected chi connectivity index (χ2v) is 3.86. The van der Waals surface area contributed by atoms with Crippen LogP contribution < -0.4 is 5.32 Å². The summed E-state index contributed by atoms with van der Waals surface area (Å²) in [7, 11) is 0. The van der Waals surface area contributed by atoms with E-state index in [1.54, 1.807) is 20.8 Å². The fraction of sp³-hybridized carbons (Fsp3) is 0.600. The second kappa shape index (κ2) is 5.42. The van der Waals surface area contributed by atoms with Crippen LogP contribution >= 0.6 is 0 Å². The van der Waals surface area contributed by atoms with Gasteiger partial charge >= 0.3 is 5.97 Å². The van der Waals surface area contributed by atoms with Crippen molar-refractivity contribution >= 4 is 11.9 Å². The summed E-state index contributed by atoms with van der Waals surface area (Å²) in [4.78, 5) is 22.1. The Balaban J connectivity index is 3.75. The number of carbonyl (C=O) groups excluding carboxylic acids is 2. The van der Waals surface area contributed by atoms with Crippen LogP contribution in [0.1, 0.15) is 33.6 Å². The Morgan fingerprint density at radius 2 is 1.93 bits per heavy atom. The van der Waals surface area contributed by atoms with Crippen LogP contribution in [0.2, 0.25) is 0 Å². The molecular formula is C10H17NO3. The predicted octanol–water partition coefficient (Wildman–Crippen LogP) is 1.37. The van der Waals surface area contributed by atoms with Gasteiger partial charge in [0.15, 0.2) is 0 Å². The van der Waals surface area contributed by atoms with Gasteiger partial charge in [0, 0.05) is 6.42 Å². The van der Waals surface area contributed by atoms with E-state index < -0.39 is 5.60 Å². The van der Waals surface area contributed by atoms with Gasteiger partial charge in [-0.1, -0.05) is 6.58 Å². The molecule has 0 saturated carbocycles. The summed E-state index contributed by atoms with van der Waals surface area (Å²) in [5.74, 6) is -0.595. The Labute approximate surface area is 84.3 Å². The smallest absolute Gasteiger partial charge is 0.306 e. The highest BCUT2D eigenvalue weighted by Crippen LogP contribution is 2.08. The molecule has 80 valence electrons. The lowest BCUT2D eigenvalue weighted by Crippen LogP contribution is -2.25. The number of rotatable bonds is 4. The highest BCUT2D eigenvalue weighted by Gasteiger charge is 2.16. The molecule has 0 aliphatic carbocycles. The zero-order valence-electron chi connectivity index (χ0n) is 8.92. The zero-order valence-corrected chi connectivity index (χ0v) is 8.92. The molecule has 0 saturated heterocycles. The summed E-state index contributed by atoms with van der Waals surface area (Å²) in [5, 5.41) is 2.38. The average Bonchev–Trinajstić information content (AvgIpc) is 1.98. The van der Waals surface area contributed by atoms with Crippen molar-refractivity contribution in [1.82, 2.24) is 5.32 Å². The minimum absolute atomic E-state index is 0.0942. The van der Waals surface area contributed by atoms with Crippen LogP contribution in [0.15, 0.2) is 12.8 Å². The quantitative estimate of drug-likeness (QED) is 0.696. The molecule has 0 spiro atoms. The summed E-state index contributed by atoms with van der Waals surface area (Å²) >= 11 is 0. The van der Waals surface area contributed by atoms with Crippen LogP contribution in [0.3, 0.4) is 0 Å². The molecule has 0 atom stereocenters. The Morgan fingerprint density at radius 1 is 1.36 bits per heavy atom. The molecule has 0 unspecified atom stereocenters. The number of ether oxygens (including phenoxy) is 1. The van der Waals surface area contributed by atoms with Crippen LogP contribution in [-0.2, 0) is 14.3 Å². The van der Waals surface area contributed by atoms with E-state index in [4.69, 9.17) is 4.74 Å². The van der Waals surface area contributed by atoms with Crippen molar-refractivity contribution in [3.63, 3.8) is 0 Å². The van der Waals surface area contributed by atoms with Gasteiger partial charge in [-0.05, 0) is 27.0 Å². The molecule has 1 N–H and O–H groups in total. The molecule has 0 bridgehead atoms. The molecular weight excluding hydrogens is 182 g/mol. The van der Waals surface area contributed by atoms with E-state index >= 15 is 0 Å². The van der Waals surface area contributed by atoms with E-state index in [1.807, 2.05) is 0 Å². The Morgan fingerprint density at radius 3 is 2.36 bits per heavy atom. The lowest BCUT2D eigenvalue weighted by molar-refractivity contribution is -0.155. The van der Waals surface area contributed by atoms with E-state index in [-0.39, 0.29) is 24.7 Å². The molecule has 0 aromatic rings. The van der Waals surface area contributed by atoms with Crippen molar-refractivity contribution < 1.29 is 14.3 Å². The molecule has 0 aliphatic heterocycles. The molecule has 0 rings (SSSR count). The highest BCUT2D eigenvalue weighted by atomic mass is 16.6. The maximum atomic E-state index is 11.1. The van der Waals surface area contributed by atoms with E-state index in [0.717, 1.165) is 0 Å².